The molecule has 2 aliphatic heterocycles. The van der Waals surface area contributed by atoms with E-state index in [1.54, 1.807) is 11.3 Å². The maximum Gasteiger partial charge on any atom is 0.208 e. The van der Waals surface area contributed by atoms with E-state index in [2.05, 4.69) is 45.7 Å². The van der Waals surface area contributed by atoms with E-state index in [1.807, 2.05) is 0 Å². The largest absolute Gasteiger partial charge is 0.253 e. The molecule has 0 aliphatic carbocycles. The molecular formula is C11H10N4S. The number of hydrogen-bond acceptors (Lipinski definition) is 5. The molecule has 4 nitrogen and oxygen atoms in total. The molecule has 80 valence electrons. The minimum atomic E-state index is 0.630. The number of fused-ring (bicyclic) bond motifs is 1. The van der Waals surface area contributed by atoms with Gasteiger partial charge in [-0.1, -0.05) is 29.8 Å². The van der Waals surface area contributed by atoms with Gasteiger partial charge in [-0.3, -0.25) is 4.99 Å². The molecule has 0 N–H and O–H groups in total. The van der Waals surface area contributed by atoms with Crippen LogP contribution in [0.5, 0.6) is 0 Å². The summed E-state index contributed by atoms with van der Waals surface area (Å²) in [4.78, 5) is 4.42. The molecule has 0 saturated heterocycles. The number of hydrazone groups is 1. The second-order valence-electron chi connectivity index (χ2n) is 3.67. The zero-order valence-corrected chi connectivity index (χ0v) is 9.61. The second-order valence-corrected chi connectivity index (χ2v) is 4.43. The van der Waals surface area contributed by atoms with Gasteiger partial charge in [0.2, 0.25) is 5.17 Å². The number of hydrogen-bond donors (Lipinski definition) is 0. The minimum Gasteiger partial charge on any atom is -0.253 e. The Bertz CT molecular complexity index is 501. The predicted octanol–water partition coefficient (Wildman–Crippen LogP) is 2.06. The number of aliphatic imine (C=N–C) groups is 1. The number of amidine groups is 1. The Labute approximate surface area is 97.9 Å². The van der Waals surface area contributed by atoms with Gasteiger partial charge in [-0.25, -0.2) is 0 Å². The van der Waals surface area contributed by atoms with Crippen molar-refractivity contribution in [3.8, 4) is 0 Å². The monoisotopic (exact) mass is 230 g/mol. The van der Waals surface area contributed by atoms with Crippen LogP contribution in [0, 0.1) is 6.92 Å². The van der Waals surface area contributed by atoms with Crippen molar-refractivity contribution < 1.29 is 0 Å². The van der Waals surface area contributed by atoms with E-state index in [4.69, 9.17) is 0 Å². The van der Waals surface area contributed by atoms with Crippen LogP contribution in [-0.4, -0.2) is 28.8 Å². The van der Waals surface area contributed by atoms with Crippen LogP contribution in [0.4, 0.5) is 0 Å². The Morgan fingerprint density at radius 3 is 2.88 bits per heavy atom. The molecule has 2 aliphatic rings. The molecule has 0 saturated carbocycles. The van der Waals surface area contributed by atoms with Crippen LogP contribution in [0.3, 0.4) is 0 Å². The normalized spacial score (nSPS) is 18.2. The summed E-state index contributed by atoms with van der Waals surface area (Å²) in [6.45, 7) is 2.71. The molecule has 0 spiro atoms. The summed E-state index contributed by atoms with van der Waals surface area (Å²) in [5.41, 5.74) is 3.36. The molecule has 0 unspecified atom stereocenters. The first-order valence-corrected chi connectivity index (χ1v) is 5.79. The molecule has 5 heteroatoms. The highest BCUT2D eigenvalue weighted by molar-refractivity contribution is 8.13. The van der Waals surface area contributed by atoms with E-state index < -0.39 is 0 Å². The Balaban J connectivity index is 1.92. The second kappa shape index (κ2) is 3.75. The summed E-state index contributed by atoms with van der Waals surface area (Å²) in [5, 5.41) is 7.08. The van der Waals surface area contributed by atoms with E-state index >= 15 is 0 Å². The van der Waals surface area contributed by atoms with E-state index in [0.29, 0.717) is 6.54 Å². The Hall–Kier alpha value is -1.62. The zero-order chi connectivity index (χ0) is 11.0. The summed E-state index contributed by atoms with van der Waals surface area (Å²) in [7, 11) is 0. The van der Waals surface area contributed by atoms with Crippen molar-refractivity contribution in [3.05, 3.63) is 35.4 Å². The van der Waals surface area contributed by atoms with Crippen LogP contribution in [0.15, 0.2) is 38.8 Å². The third kappa shape index (κ3) is 1.63. The van der Waals surface area contributed by atoms with Gasteiger partial charge in [0, 0.05) is 0 Å². The smallest absolute Gasteiger partial charge is 0.208 e. The average Bonchev–Trinajstić information content (AvgIpc) is 2.77. The van der Waals surface area contributed by atoms with Gasteiger partial charge in [0.15, 0.2) is 0 Å². The molecule has 0 aromatic heterocycles. The molecule has 0 bridgehead atoms. The number of nitrogens with zero attached hydrogens (tertiary/aromatic N) is 4. The number of aryl methyl sites for hydroxylation is 1. The molecule has 1 aromatic carbocycles. The molecule has 0 fully saturated rings. The van der Waals surface area contributed by atoms with Crippen molar-refractivity contribution >= 4 is 29.2 Å². The first kappa shape index (κ1) is 9.59. The van der Waals surface area contributed by atoms with Crippen molar-refractivity contribution in [3.63, 3.8) is 0 Å². The molecule has 0 radical (unpaired) electrons. The highest BCUT2D eigenvalue weighted by Gasteiger charge is 2.20. The van der Waals surface area contributed by atoms with Gasteiger partial charge in [-0.15, -0.1) is 0 Å². The first-order chi connectivity index (χ1) is 7.83. The van der Waals surface area contributed by atoms with Crippen molar-refractivity contribution in [1.29, 1.82) is 0 Å². The molecule has 16 heavy (non-hydrogen) atoms. The van der Waals surface area contributed by atoms with E-state index in [0.717, 1.165) is 16.4 Å². The van der Waals surface area contributed by atoms with Gasteiger partial charge >= 0.3 is 0 Å². The fourth-order valence-electron chi connectivity index (χ4n) is 1.58. The molecule has 1 aromatic rings. The van der Waals surface area contributed by atoms with Crippen molar-refractivity contribution in [2.24, 2.45) is 14.5 Å². The third-order valence-corrected chi connectivity index (χ3v) is 3.14. The van der Waals surface area contributed by atoms with Gasteiger partial charge in [0.1, 0.15) is 6.34 Å². The van der Waals surface area contributed by atoms with E-state index in [1.165, 1.54) is 17.5 Å². The van der Waals surface area contributed by atoms with E-state index in [-0.39, 0.29) is 0 Å². The highest BCUT2D eigenvalue weighted by Crippen LogP contribution is 2.20. The molecule has 0 atom stereocenters. The molecular weight excluding hydrogens is 220 g/mol. The fraction of sp³-hybridized carbons (Fsp3) is 0.182. The van der Waals surface area contributed by atoms with Crippen molar-refractivity contribution in [1.82, 2.24) is 5.01 Å². The van der Waals surface area contributed by atoms with Crippen molar-refractivity contribution in [2.45, 2.75) is 6.92 Å². The zero-order valence-electron chi connectivity index (χ0n) is 8.79. The van der Waals surface area contributed by atoms with Crippen LogP contribution in [-0.2, 0) is 0 Å². The lowest BCUT2D eigenvalue weighted by Crippen LogP contribution is -2.26. The van der Waals surface area contributed by atoms with E-state index in [9.17, 15) is 0 Å². The lowest BCUT2D eigenvalue weighted by Gasteiger charge is -2.16. The third-order valence-electron chi connectivity index (χ3n) is 2.46. The van der Waals surface area contributed by atoms with Gasteiger partial charge in [-0.05, 0) is 12.5 Å². The van der Waals surface area contributed by atoms with Crippen LogP contribution in [0.2, 0.25) is 0 Å². The Kier molecular flexibility index (Phi) is 2.25. The lowest BCUT2D eigenvalue weighted by atomic mass is 10.1. The van der Waals surface area contributed by atoms with Crippen LogP contribution >= 0.6 is 11.9 Å². The average molecular weight is 230 g/mol. The standard InChI is InChI=1S/C11H10N4S/c1-8-2-4-9(5-3-8)10-6-12-11-15(14-10)7-13-16-11/h2-5,7H,6H2,1H3. The summed E-state index contributed by atoms with van der Waals surface area (Å²) < 4.78 is 4.05. The molecule has 3 rings (SSSR count). The Morgan fingerprint density at radius 2 is 2.06 bits per heavy atom. The highest BCUT2D eigenvalue weighted by atomic mass is 32.2. The minimum absolute atomic E-state index is 0.630. The van der Waals surface area contributed by atoms with Crippen LogP contribution in [0.1, 0.15) is 11.1 Å². The molecule has 0 amide bonds. The topological polar surface area (TPSA) is 40.3 Å². The SMILES string of the molecule is Cc1ccc(C2=NN3C=NSC3=NC2)cc1. The maximum atomic E-state index is 4.49. The summed E-state index contributed by atoms with van der Waals surface area (Å²) in [6, 6.07) is 8.33. The fourth-order valence-corrected chi connectivity index (χ4v) is 2.10. The van der Waals surface area contributed by atoms with Gasteiger partial charge < -0.3 is 0 Å². The number of benzene rings is 1. The quantitative estimate of drug-likeness (QED) is 0.693. The van der Waals surface area contributed by atoms with Crippen molar-refractivity contribution in [2.75, 3.05) is 6.54 Å². The van der Waals surface area contributed by atoms with Gasteiger partial charge in [-0.2, -0.15) is 14.5 Å². The number of rotatable bonds is 1. The van der Waals surface area contributed by atoms with Crippen LogP contribution < -0.4 is 0 Å². The summed E-state index contributed by atoms with van der Waals surface area (Å²) in [5.74, 6) is 0. The first-order valence-electron chi connectivity index (χ1n) is 5.02. The van der Waals surface area contributed by atoms with Crippen LogP contribution in [0.25, 0.3) is 0 Å². The summed E-state index contributed by atoms with van der Waals surface area (Å²) in [6.07, 6.45) is 1.69. The van der Waals surface area contributed by atoms with Gasteiger partial charge in [0.05, 0.1) is 24.2 Å². The maximum absolute atomic E-state index is 4.49. The van der Waals surface area contributed by atoms with Gasteiger partial charge in [0.25, 0.3) is 0 Å². The molecule has 2 heterocycles. The summed E-state index contributed by atoms with van der Waals surface area (Å²) >= 11 is 1.36. The Morgan fingerprint density at radius 1 is 1.25 bits per heavy atom. The predicted molar refractivity (Wildman–Crippen MR) is 67.9 cm³/mol. The lowest BCUT2D eigenvalue weighted by molar-refractivity contribution is 0.683.